The Kier molecular flexibility index (Phi) is 3.97. The smallest absolute Gasteiger partial charge is 0.340 e. The Morgan fingerprint density at radius 2 is 2.14 bits per heavy atom. The van der Waals surface area contributed by atoms with Gasteiger partial charge in [-0.2, -0.15) is 0 Å². The Hall–Kier alpha value is -2.54. The van der Waals surface area contributed by atoms with Crippen LogP contribution in [0.2, 0.25) is 0 Å². The van der Waals surface area contributed by atoms with Gasteiger partial charge < -0.3 is 19.4 Å². The van der Waals surface area contributed by atoms with E-state index in [2.05, 4.69) is 21.1 Å². The van der Waals surface area contributed by atoms with E-state index in [0.29, 0.717) is 28.5 Å². The van der Waals surface area contributed by atoms with Crippen LogP contribution in [0.3, 0.4) is 0 Å². The summed E-state index contributed by atoms with van der Waals surface area (Å²) in [6.07, 6.45) is 1.54. The normalized spacial score (nSPS) is 10.6. The highest BCUT2D eigenvalue weighted by atomic mass is 79.9. The average Bonchev–Trinajstić information content (AvgIpc) is 3.17. The van der Waals surface area contributed by atoms with Gasteiger partial charge in [0.25, 0.3) is 0 Å². The minimum absolute atomic E-state index is 0.0189. The number of esters is 1. The van der Waals surface area contributed by atoms with Crippen molar-refractivity contribution in [1.82, 2.24) is 5.16 Å². The Labute approximate surface area is 134 Å². The van der Waals surface area contributed by atoms with E-state index in [4.69, 9.17) is 19.4 Å². The summed E-state index contributed by atoms with van der Waals surface area (Å²) in [6.45, 7) is -0.0189. The Balaban J connectivity index is 1.67. The lowest BCUT2D eigenvalue weighted by atomic mass is 10.2. The highest BCUT2D eigenvalue weighted by Gasteiger charge is 2.14. The van der Waals surface area contributed by atoms with Crippen LogP contribution in [-0.4, -0.2) is 11.1 Å². The van der Waals surface area contributed by atoms with Gasteiger partial charge in [0.05, 0.1) is 11.8 Å². The predicted octanol–water partition coefficient (Wildman–Crippen LogP) is 3.64. The molecule has 2 N–H and O–H groups in total. The van der Waals surface area contributed by atoms with E-state index in [1.54, 1.807) is 36.4 Å². The van der Waals surface area contributed by atoms with Gasteiger partial charge in [0.2, 0.25) is 5.76 Å². The van der Waals surface area contributed by atoms with Gasteiger partial charge >= 0.3 is 5.97 Å². The third kappa shape index (κ3) is 3.04. The van der Waals surface area contributed by atoms with Crippen molar-refractivity contribution in [2.24, 2.45) is 0 Å². The molecule has 0 saturated carbocycles. The van der Waals surface area contributed by atoms with Gasteiger partial charge in [-0.15, -0.1) is 0 Å². The number of hydrogen-bond donors (Lipinski definition) is 1. The first-order chi connectivity index (χ1) is 10.6. The molecule has 2 aromatic heterocycles. The zero-order valence-electron chi connectivity index (χ0n) is 11.3. The quantitative estimate of drug-likeness (QED) is 0.562. The summed E-state index contributed by atoms with van der Waals surface area (Å²) in [5.41, 5.74) is 6.89. The average molecular weight is 363 g/mol. The molecule has 2 heterocycles. The molecule has 0 bridgehead atoms. The summed E-state index contributed by atoms with van der Waals surface area (Å²) in [5, 5.41) is 3.83. The third-order valence-electron chi connectivity index (χ3n) is 2.91. The largest absolute Gasteiger partial charge is 0.461 e. The number of carbonyl (C=O) groups excluding carboxylic acids is 1. The first-order valence-corrected chi connectivity index (χ1v) is 7.14. The van der Waals surface area contributed by atoms with E-state index < -0.39 is 5.97 Å². The van der Waals surface area contributed by atoms with Crippen molar-refractivity contribution in [3.05, 3.63) is 58.4 Å². The van der Waals surface area contributed by atoms with Crippen LogP contribution >= 0.6 is 15.9 Å². The van der Waals surface area contributed by atoms with Crippen LogP contribution in [0.5, 0.6) is 0 Å². The standard InChI is InChI=1S/C15H11BrN2O4/c16-9-3-4-12(17)11(6-9)15(19)21-8-10-7-14(22-18-10)13-2-1-5-20-13/h1-7H,8,17H2. The van der Waals surface area contributed by atoms with Crippen LogP contribution in [0.25, 0.3) is 11.5 Å². The fourth-order valence-electron chi connectivity index (χ4n) is 1.84. The summed E-state index contributed by atoms with van der Waals surface area (Å²) < 4.78 is 16.2. The highest BCUT2D eigenvalue weighted by molar-refractivity contribution is 9.10. The molecule has 0 aliphatic rings. The van der Waals surface area contributed by atoms with E-state index in [9.17, 15) is 4.79 Å². The number of rotatable bonds is 4. The van der Waals surface area contributed by atoms with Crippen molar-refractivity contribution >= 4 is 27.6 Å². The van der Waals surface area contributed by atoms with Crippen LogP contribution in [-0.2, 0) is 11.3 Å². The topological polar surface area (TPSA) is 91.5 Å². The van der Waals surface area contributed by atoms with E-state index in [-0.39, 0.29) is 6.61 Å². The molecule has 1 aromatic carbocycles. The highest BCUT2D eigenvalue weighted by Crippen LogP contribution is 2.22. The van der Waals surface area contributed by atoms with Crippen molar-refractivity contribution < 1.29 is 18.5 Å². The van der Waals surface area contributed by atoms with Crippen LogP contribution in [0.15, 0.2) is 56.1 Å². The molecular formula is C15H11BrN2O4. The van der Waals surface area contributed by atoms with Crippen LogP contribution in [0, 0.1) is 0 Å². The van der Waals surface area contributed by atoms with Gasteiger partial charge in [-0.1, -0.05) is 21.1 Å². The van der Waals surface area contributed by atoms with Gasteiger partial charge in [-0.05, 0) is 30.3 Å². The van der Waals surface area contributed by atoms with Gasteiger partial charge in [-0.3, -0.25) is 0 Å². The summed E-state index contributed by atoms with van der Waals surface area (Å²) in [6, 6.07) is 10.1. The lowest BCUT2D eigenvalue weighted by molar-refractivity contribution is 0.0465. The number of aromatic nitrogens is 1. The Morgan fingerprint density at radius 3 is 2.91 bits per heavy atom. The molecule has 0 radical (unpaired) electrons. The molecule has 3 rings (SSSR count). The number of hydrogen-bond acceptors (Lipinski definition) is 6. The number of halogens is 1. The molecule has 0 aliphatic heterocycles. The lowest BCUT2D eigenvalue weighted by Gasteiger charge is -2.05. The van der Waals surface area contributed by atoms with Crippen molar-refractivity contribution in [2.45, 2.75) is 6.61 Å². The third-order valence-corrected chi connectivity index (χ3v) is 3.40. The zero-order valence-corrected chi connectivity index (χ0v) is 12.9. The second-order valence-corrected chi connectivity index (χ2v) is 5.38. The molecule has 0 unspecified atom stereocenters. The second kappa shape index (κ2) is 6.07. The van der Waals surface area contributed by atoms with Gasteiger partial charge in [0.1, 0.15) is 12.3 Å². The number of furan rings is 1. The Morgan fingerprint density at radius 1 is 1.27 bits per heavy atom. The van der Waals surface area contributed by atoms with Gasteiger partial charge in [-0.25, -0.2) is 4.79 Å². The maximum absolute atomic E-state index is 12.0. The number of ether oxygens (including phenoxy) is 1. The van der Waals surface area contributed by atoms with Crippen LogP contribution in [0.4, 0.5) is 5.69 Å². The molecule has 112 valence electrons. The summed E-state index contributed by atoms with van der Waals surface area (Å²) in [7, 11) is 0. The molecular weight excluding hydrogens is 352 g/mol. The van der Waals surface area contributed by atoms with Crippen LogP contribution < -0.4 is 5.73 Å². The van der Waals surface area contributed by atoms with Crippen LogP contribution in [0.1, 0.15) is 16.1 Å². The number of nitrogens with two attached hydrogens (primary N) is 1. The SMILES string of the molecule is Nc1ccc(Br)cc1C(=O)OCc1cc(-c2ccco2)on1. The molecule has 22 heavy (non-hydrogen) atoms. The molecule has 6 nitrogen and oxygen atoms in total. The fourth-order valence-corrected chi connectivity index (χ4v) is 2.20. The molecule has 0 spiro atoms. The fraction of sp³-hybridized carbons (Fsp3) is 0.0667. The first-order valence-electron chi connectivity index (χ1n) is 6.35. The van der Waals surface area contributed by atoms with Crippen molar-refractivity contribution in [1.29, 1.82) is 0 Å². The number of benzene rings is 1. The lowest BCUT2D eigenvalue weighted by Crippen LogP contribution is -2.08. The predicted molar refractivity (Wildman–Crippen MR) is 81.9 cm³/mol. The molecule has 3 aromatic rings. The molecule has 7 heteroatoms. The second-order valence-electron chi connectivity index (χ2n) is 4.47. The van der Waals surface area contributed by atoms with Gasteiger partial charge in [0.15, 0.2) is 5.76 Å². The summed E-state index contributed by atoms with van der Waals surface area (Å²) in [5.74, 6) is 0.501. The molecule has 0 fully saturated rings. The molecule has 0 amide bonds. The monoisotopic (exact) mass is 362 g/mol. The Bertz CT molecular complexity index is 796. The maximum Gasteiger partial charge on any atom is 0.340 e. The molecule has 0 aliphatic carbocycles. The maximum atomic E-state index is 12.0. The van der Waals surface area contributed by atoms with Crippen molar-refractivity contribution in [3.63, 3.8) is 0 Å². The van der Waals surface area contributed by atoms with E-state index in [0.717, 1.165) is 4.47 Å². The van der Waals surface area contributed by atoms with Crippen molar-refractivity contribution in [2.75, 3.05) is 5.73 Å². The number of carbonyl (C=O) groups is 1. The molecule has 0 atom stereocenters. The zero-order chi connectivity index (χ0) is 15.5. The van der Waals surface area contributed by atoms with E-state index >= 15 is 0 Å². The minimum Gasteiger partial charge on any atom is -0.461 e. The summed E-state index contributed by atoms with van der Waals surface area (Å²) in [4.78, 5) is 12.0. The minimum atomic E-state index is -0.527. The number of anilines is 1. The number of nitrogen functional groups attached to an aromatic ring is 1. The van der Waals surface area contributed by atoms with Gasteiger partial charge in [0, 0.05) is 16.2 Å². The molecule has 0 saturated heterocycles. The van der Waals surface area contributed by atoms with E-state index in [1.165, 1.54) is 6.26 Å². The van der Waals surface area contributed by atoms with Crippen molar-refractivity contribution in [3.8, 4) is 11.5 Å². The number of nitrogens with zero attached hydrogens (tertiary/aromatic N) is 1. The summed E-state index contributed by atoms with van der Waals surface area (Å²) >= 11 is 3.28. The van der Waals surface area contributed by atoms with E-state index in [1.807, 2.05) is 0 Å². The first kappa shape index (κ1) is 14.4.